The van der Waals surface area contributed by atoms with Crippen LogP contribution in [0.2, 0.25) is 5.02 Å². The van der Waals surface area contributed by atoms with Crippen LogP contribution >= 0.6 is 11.6 Å². The second-order valence-electron chi connectivity index (χ2n) is 6.95. The highest BCUT2D eigenvalue weighted by atomic mass is 35.5. The quantitative estimate of drug-likeness (QED) is 0.643. The van der Waals surface area contributed by atoms with Crippen LogP contribution in [-0.4, -0.2) is 56.5 Å². The predicted octanol–water partition coefficient (Wildman–Crippen LogP) is 3.61. The molecular formula is C22H27ClN4O2. The van der Waals surface area contributed by atoms with E-state index in [1.54, 1.807) is 31.4 Å². The van der Waals surface area contributed by atoms with E-state index in [9.17, 15) is 4.79 Å². The van der Waals surface area contributed by atoms with E-state index >= 15 is 0 Å². The van der Waals surface area contributed by atoms with Crippen LogP contribution in [0.1, 0.15) is 17.5 Å². The van der Waals surface area contributed by atoms with E-state index < -0.39 is 0 Å². The molecule has 6 nitrogen and oxygen atoms in total. The number of carbonyl (C=O) groups is 1. The third-order valence-corrected chi connectivity index (χ3v) is 4.65. The lowest BCUT2D eigenvalue weighted by Gasteiger charge is -2.25. The number of likely N-dealkylation sites (N-methyl/N-ethyl adjacent to an activating group) is 1. The lowest BCUT2D eigenvalue weighted by Crippen LogP contribution is -2.37. The summed E-state index contributed by atoms with van der Waals surface area (Å²) < 4.78 is 5.32. The molecule has 0 aromatic heterocycles. The molecule has 0 aliphatic carbocycles. The van der Waals surface area contributed by atoms with Gasteiger partial charge in [0.05, 0.1) is 24.4 Å². The molecule has 0 aliphatic heterocycles. The first-order chi connectivity index (χ1) is 13.9. The molecule has 0 atom stereocenters. The lowest BCUT2D eigenvalue weighted by atomic mass is 10.1. The second-order valence-corrected chi connectivity index (χ2v) is 7.39. The van der Waals surface area contributed by atoms with Crippen LogP contribution in [0, 0.1) is 11.3 Å². The molecule has 1 N–H and O–H groups in total. The monoisotopic (exact) mass is 414 g/mol. The van der Waals surface area contributed by atoms with Crippen LogP contribution < -0.4 is 10.1 Å². The van der Waals surface area contributed by atoms with Gasteiger partial charge in [-0.2, -0.15) is 5.26 Å². The summed E-state index contributed by atoms with van der Waals surface area (Å²) in [5.41, 5.74) is 2.30. The fraction of sp³-hybridized carbons (Fsp3) is 0.364. The number of carbonyl (C=O) groups excluding carboxylic acids is 1. The molecule has 154 valence electrons. The summed E-state index contributed by atoms with van der Waals surface area (Å²) in [5.74, 6) is 0.724. The van der Waals surface area contributed by atoms with E-state index in [0.29, 0.717) is 42.4 Å². The van der Waals surface area contributed by atoms with Crippen LogP contribution in [0.5, 0.6) is 5.75 Å². The maximum Gasteiger partial charge on any atom is 0.224 e. The largest absolute Gasteiger partial charge is 0.495 e. The summed E-state index contributed by atoms with van der Waals surface area (Å²) in [4.78, 5) is 16.7. The molecule has 0 saturated carbocycles. The number of hydrogen-bond acceptors (Lipinski definition) is 5. The zero-order valence-electron chi connectivity index (χ0n) is 17.1. The topological polar surface area (TPSA) is 68.6 Å². The first-order valence-electron chi connectivity index (χ1n) is 9.42. The van der Waals surface area contributed by atoms with Crippen molar-refractivity contribution < 1.29 is 9.53 Å². The Morgan fingerprint density at radius 1 is 1.21 bits per heavy atom. The van der Waals surface area contributed by atoms with Gasteiger partial charge in [0.25, 0.3) is 0 Å². The summed E-state index contributed by atoms with van der Waals surface area (Å²) in [6.45, 7) is 2.32. The molecule has 1 amide bonds. The number of halogens is 1. The van der Waals surface area contributed by atoms with Crippen LogP contribution in [0.15, 0.2) is 42.5 Å². The molecule has 0 fully saturated rings. The van der Waals surface area contributed by atoms with Gasteiger partial charge in [0.15, 0.2) is 0 Å². The zero-order chi connectivity index (χ0) is 21.2. The maximum atomic E-state index is 12.9. The van der Waals surface area contributed by atoms with Crippen molar-refractivity contribution in [1.29, 1.82) is 5.26 Å². The van der Waals surface area contributed by atoms with E-state index in [1.165, 1.54) is 0 Å². The van der Waals surface area contributed by atoms with E-state index in [1.807, 2.05) is 42.1 Å². The molecule has 0 unspecified atom stereocenters. The Balaban J connectivity index is 2.01. The van der Waals surface area contributed by atoms with Gasteiger partial charge < -0.3 is 19.9 Å². The zero-order valence-corrected chi connectivity index (χ0v) is 17.9. The first-order valence-corrected chi connectivity index (χ1v) is 9.79. The third kappa shape index (κ3) is 7.30. The Morgan fingerprint density at radius 2 is 2.00 bits per heavy atom. The van der Waals surface area contributed by atoms with Crippen LogP contribution in [0.4, 0.5) is 5.69 Å². The van der Waals surface area contributed by atoms with Crippen molar-refractivity contribution in [2.24, 2.45) is 0 Å². The Morgan fingerprint density at radius 3 is 2.69 bits per heavy atom. The number of nitriles is 1. The molecule has 2 aromatic rings. The number of nitrogens with one attached hydrogen (secondary N) is 1. The number of amides is 1. The molecule has 0 spiro atoms. The summed E-state index contributed by atoms with van der Waals surface area (Å²) in [6.07, 6.45) is 0.334. The van der Waals surface area contributed by atoms with Gasteiger partial charge in [-0.3, -0.25) is 4.79 Å². The second kappa shape index (κ2) is 11.3. The lowest BCUT2D eigenvalue weighted by molar-refractivity contribution is -0.131. The van der Waals surface area contributed by atoms with Crippen molar-refractivity contribution in [3.05, 3.63) is 58.6 Å². The van der Waals surface area contributed by atoms with Gasteiger partial charge in [0.1, 0.15) is 5.75 Å². The fourth-order valence-electron chi connectivity index (χ4n) is 2.85. The molecule has 0 heterocycles. The summed E-state index contributed by atoms with van der Waals surface area (Å²) in [5, 5.41) is 12.9. The Labute approximate surface area is 177 Å². The molecule has 7 heteroatoms. The Bertz CT molecular complexity index is 864. The minimum atomic E-state index is 0.0442. The van der Waals surface area contributed by atoms with Crippen LogP contribution in [-0.2, 0) is 11.3 Å². The summed E-state index contributed by atoms with van der Waals surface area (Å²) in [7, 11) is 5.55. The van der Waals surface area contributed by atoms with E-state index in [0.717, 1.165) is 17.8 Å². The maximum absolute atomic E-state index is 12.9. The van der Waals surface area contributed by atoms with Crippen LogP contribution in [0.25, 0.3) is 0 Å². The molecule has 29 heavy (non-hydrogen) atoms. The van der Waals surface area contributed by atoms with Gasteiger partial charge in [-0.05, 0) is 50.0 Å². The number of methoxy groups -OCH3 is 1. The number of anilines is 1. The van der Waals surface area contributed by atoms with Gasteiger partial charge in [-0.1, -0.05) is 23.7 Å². The highest BCUT2D eigenvalue weighted by Gasteiger charge is 2.15. The van der Waals surface area contributed by atoms with Gasteiger partial charge in [-0.25, -0.2) is 0 Å². The number of hydrogen-bond donors (Lipinski definition) is 1. The third-order valence-electron chi connectivity index (χ3n) is 4.42. The Kier molecular flexibility index (Phi) is 8.78. The van der Waals surface area contributed by atoms with E-state index in [4.69, 9.17) is 21.6 Å². The molecule has 2 rings (SSSR count). The SMILES string of the molecule is COc1ccc(Cl)cc1NCCC(=O)N(CCN(C)C)Cc1cccc(C#N)c1. The molecule has 2 aromatic carbocycles. The van der Waals surface area contributed by atoms with E-state index in [-0.39, 0.29) is 5.91 Å². The molecule has 0 radical (unpaired) electrons. The minimum Gasteiger partial charge on any atom is -0.495 e. The Hall–Kier alpha value is -2.75. The average molecular weight is 415 g/mol. The highest BCUT2D eigenvalue weighted by Crippen LogP contribution is 2.27. The normalized spacial score (nSPS) is 10.5. The standard InChI is InChI=1S/C22H27ClN4O2/c1-26(2)11-12-27(16-18-6-4-5-17(13-18)15-24)22(28)9-10-25-20-14-19(23)7-8-21(20)29-3/h4-8,13-14,25H,9-12,16H2,1-3H3. The van der Waals surface area contributed by atoms with Crippen molar-refractivity contribution in [2.45, 2.75) is 13.0 Å². The van der Waals surface area contributed by atoms with Crippen molar-refractivity contribution in [3.63, 3.8) is 0 Å². The van der Waals surface area contributed by atoms with Crippen molar-refractivity contribution in [3.8, 4) is 11.8 Å². The van der Waals surface area contributed by atoms with Gasteiger partial charge in [0, 0.05) is 37.6 Å². The van der Waals surface area contributed by atoms with Crippen molar-refractivity contribution in [2.75, 3.05) is 46.2 Å². The molecule has 0 saturated heterocycles. The fourth-order valence-corrected chi connectivity index (χ4v) is 3.02. The average Bonchev–Trinajstić information content (AvgIpc) is 2.71. The van der Waals surface area contributed by atoms with Crippen molar-refractivity contribution in [1.82, 2.24) is 9.80 Å². The minimum absolute atomic E-state index is 0.0442. The molecule has 0 aliphatic rings. The smallest absolute Gasteiger partial charge is 0.224 e. The number of benzene rings is 2. The summed E-state index contributed by atoms with van der Waals surface area (Å²) >= 11 is 6.05. The predicted molar refractivity (Wildman–Crippen MR) is 116 cm³/mol. The first kappa shape index (κ1) is 22.5. The van der Waals surface area contributed by atoms with Gasteiger partial charge in [0.2, 0.25) is 5.91 Å². The van der Waals surface area contributed by atoms with E-state index in [2.05, 4.69) is 11.4 Å². The van der Waals surface area contributed by atoms with Gasteiger partial charge in [-0.15, -0.1) is 0 Å². The number of ether oxygens (including phenoxy) is 1. The van der Waals surface area contributed by atoms with Gasteiger partial charge >= 0.3 is 0 Å². The van der Waals surface area contributed by atoms with Crippen LogP contribution in [0.3, 0.4) is 0 Å². The highest BCUT2D eigenvalue weighted by molar-refractivity contribution is 6.30. The molecule has 0 bridgehead atoms. The number of nitrogens with zero attached hydrogens (tertiary/aromatic N) is 3. The molecular weight excluding hydrogens is 388 g/mol. The number of rotatable bonds is 10. The van der Waals surface area contributed by atoms with Crippen molar-refractivity contribution >= 4 is 23.2 Å². The summed E-state index contributed by atoms with van der Waals surface area (Å²) in [6, 6.07) is 14.8.